The van der Waals surface area contributed by atoms with Gasteiger partial charge in [-0.1, -0.05) is 6.42 Å². The lowest BCUT2D eigenvalue weighted by atomic mass is 10.1. The minimum Gasteiger partial charge on any atom is -0.393 e. The number of aliphatic hydroxyl groups excluding tert-OH is 1. The Labute approximate surface area is 109 Å². The second-order valence-corrected chi connectivity index (χ2v) is 5.32. The SMILES string of the molecule is CN=C(NCC1CCOC1)NCC1CCCC1O. The van der Waals surface area contributed by atoms with E-state index in [1.165, 1.54) is 0 Å². The van der Waals surface area contributed by atoms with E-state index in [2.05, 4.69) is 15.6 Å². The Balaban J connectivity index is 1.65. The van der Waals surface area contributed by atoms with Crippen LogP contribution < -0.4 is 10.6 Å². The summed E-state index contributed by atoms with van der Waals surface area (Å²) < 4.78 is 5.35. The van der Waals surface area contributed by atoms with Crippen molar-refractivity contribution in [3.63, 3.8) is 0 Å². The molecule has 2 rings (SSSR count). The van der Waals surface area contributed by atoms with E-state index < -0.39 is 0 Å². The first-order valence-electron chi connectivity index (χ1n) is 7.00. The van der Waals surface area contributed by atoms with Crippen LogP contribution in [0.1, 0.15) is 25.7 Å². The molecule has 0 aromatic carbocycles. The van der Waals surface area contributed by atoms with Gasteiger partial charge in [0.1, 0.15) is 0 Å². The summed E-state index contributed by atoms with van der Waals surface area (Å²) in [6.45, 7) is 3.45. The number of nitrogens with zero attached hydrogens (tertiary/aromatic N) is 1. The summed E-state index contributed by atoms with van der Waals surface area (Å²) in [6.07, 6.45) is 4.18. The molecule has 0 spiro atoms. The van der Waals surface area contributed by atoms with Crippen molar-refractivity contribution in [2.24, 2.45) is 16.8 Å². The summed E-state index contributed by atoms with van der Waals surface area (Å²) in [5.41, 5.74) is 0. The third-order valence-corrected chi connectivity index (χ3v) is 3.96. The predicted molar refractivity (Wildman–Crippen MR) is 71.6 cm³/mol. The van der Waals surface area contributed by atoms with E-state index in [0.29, 0.717) is 11.8 Å². The van der Waals surface area contributed by atoms with Crippen LogP contribution in [0.2, 0.25) is 0 Å². The van der Waals surface area contributed by atoms with Crippen molar-refractivity contribution in [3.05, 3.63) is 0 Å². The second-order valence-electron chi connectivity index (χ2n) is 5.32. The van der Waals surface area contributed by atoms with E-state index >= 15 is 0 Å². The fourth-order valence-corrected chi connectivity index (χ4v) is 2.69. The molecule has 0 radical (unpaired) electrons. The zero-order valence-corrected chi connectivity index (χ0v) is 11.2. The Morgan fingerprint density at radius 2 is 2.11 bits per heavy atom. The lowest BCUT2D eigenvalue weighted by Crippen LogP contribution is -2.42. The number of nitrogens with one attached hydrogen (secondary N) is 2. The Morgan fingerprint density at radius 1 is 1.28 bits per heavy atom. The Kier molecular flexibility index (Phi) is 5.26. The molecule has 1 heterocycles. The molecule has 18 heavy (non-hydrogen) atoms. The fourth-order valence-electron chi connectivity index (χ4n) is 2.69. The topological polar surface area (TPSA) is 65.9 Å². The number of aliphatic hydroxyl groups is 1. The zero-order chi connectivity index (χ0) is 12.8. The van der Waals surface area contributed by atoms with Crippen molar-refractivity contribution < 1.29 is 9.84 Å². The first-order chi connectivity index (χ1) is 8.79. The van der Waals surface area contributed by atoms with Gasteiger partial charge >= 0.3 is 0 Å². The Hall–Kier alpha value is -0.810. The lowest BCUT2D eigenvalue weighted by Gasteiger charge is -2.18. The van der Waals surface area contributed by atoms with Gasteiger partial charge in [-0.15, -0.1) is 0 Å². The number of rotatable bonds is 4. The van der Waals surface area contributed by atoms with Crippen molar-refractivity contribution in [1.82, 2.24) is 10.6 Å². The van der Waals surface area contributed by atoms with E-state index in [4.69, 9.17) is 4.74 Å². The number of aliphatic imine (C=N–C) groups is 1. The molecule has 3 unspecified atom stereocenters. The van der Waals surface area contributed by atoms with Gasteiger partial charge in [0.05, 0.1) is 12.7 Å². The van der Waals surface area contributed by atoms with Crippen LogP contribution >= 0.6 is 0 Å². The van der Waals surface area contributed by atoms with E-state index in [9.17, 15) is 5.11 Å². The van der Waals surface area contributed by atoms with E-state index in [-0.39, 0.29) is 6.10 Å². The van der Waals surface area contributed by atoms with Gasteiger partial charge in [-0.25, -0.2) is 0 Å². The van der Waals surface area contributed by atoms with Gasteiger partial charge in [-0.05, 0) is 19.3 Å². The normalized spacial score (nSPS) is 32.8. The van der Waals surface area contributed by atoms with Gasteiger partial charge in [-0.3, -0.25) is 4.99 Å². The average Bonchev–Trinajstić information content (AvgIpc) is 3.01. The first-order valence-corrected chi connectivity index (χ1v) is 7.00. The summed E-state index contributed by atoms with van der Waals surface area (Å²) in [4.78, 5) is 4.21. The maximum absolute atomic E-state index is 9.76. The molecule has 0 aromatic heterocycles. The largest absolute Gasteiger partial charge is 0.393 e. The lowest BCUT2D eigenvalue weighted by molar-refractivity contribution is 0.134. The molecule has 3 atom stereocenters. The standard InChI is InChI=1S/C13H25N3O2/c1-14-13(15-7-10-5-6-18-9-10)16-8-11-3-2-4-12(11)17/h10-12,17H,2-9H2,1H3,(H2,14,15,16). The molecule has 0 bridgehead atoms. The van der Waals surface area contributed by atoms with Crippen LogP contribution in [0.3, 0.4) is 0 Å². The van der Waals surface area contributed by atoms with E-state index in [1.54, 1.807) is 7.05 Å². The molecule has 2 aliphatic rings. The number of hydrogen-bond acceptors (Lipinski definition) is 3. The van der Waals surface area contributed by atoms with Crippen LogP contribution in [0, 0.1) is 11.8 Å². The Bertz CT molecular complexity index is 277. The minimum atomic E-state index is -0.140. The van der Waals surface area contributed by atoms with Gasteiger partial charge in [0, 0.05) is 38.6 Å². The van der Waals surface area contributed by atoms with E-state index in [1.807, 2.05) is 0 Å². The predicted octanol–water partition coefficient (Wildman–Crippen LogP) is 0.349. The zero-order valence-electron chi connectivity index (χ0n) is 11.2. The third kappa shape index (κ3) is 3.85. The van der Waals surface area contributed by atoms with Gasteiger partial charge in [0.25, 0.3) is 0 Å². The summed E-state index contributed by atoms with van der Waals surface area (Å²) >= 11 is 0. The summed E-state index contributed by atoms with van der Waals surface area (Å²) in [5, 5.41) is 16.4. The average molecular weight is 255 g/mol. The van der Waals surface area contributed by atoms with Crippen LogP contribution in [0.15, 0.2) is 4.99 Å². The molecular formula is C13H25N3O2. The smallest absolute Gasteiger partial charge is 0.190 e. The molecule has 1 saturated carbocycles. The molecule has 104 valence electrons. The first kappa shape index (κ1) is 13.6. The van der Waals surface area contributed by atoms with Crippen molar-refractivity contribution in [1.29, 1.82) is 0 Å². The van der Waals surface area contributed by atoms with E-state index in [0.717, 1.165) is 57.9 Å². The summed E-state index contributed by atoms with van der Waals surface area (Å²) in [5.74, 6) is 1.81. The van der Waals surface area contributed by atoms with Gasteiger partial charge in [0.15, 0.2) is 5.96 Å². The fraction of sp³-hybridized carbons (Fsp3) is 0.923. The van der Waals surface area contributed by atoms with Crippen molar-refractivity contribution in [2.45, 2.75) is 31.8 Å². The number of hydrogen-bond donors (Lipinski definition) is 3. The van der Waals surface area contributed by atoms with Gasteiger partial charge in [-0.2, -0.15) is 0 Å². The molecule has 0 amide bonds. The van der Waals surface area contributed by atoms with Crippen LogP contribution in [0.5, 0.6) is 0 Å². The molecule has 3 N–H and O–H groups in total. The molecule has 5 heteroatoms. The molecule has 1 aliphatic heterocycles. The highest BCUT2D eigenvalue weighted by atomic mass is 16.5. The van der Waals surface area contributed by atoms with Crippen LogP contribution in [0.25, 0.3) is 0 Å². The molecule has 1 aliphatic carbocycles. The molecule has 5 nitrogen and oxygen atoms in total. The second kappa shape index (κ2) is 6.95. The Morgan fingerprint density at radius 3 is 2.72 bits per heavy atom. The highest BCUT2D eigenvalue weighted by Crippen LogP contribution is 2.24. The molecule has 2 fully saturated rings. The number of ether oxygens (including phenoxy) is 1. The van der Waals surface area contributed by atoms with Crippen LogP contribution in [-0.2, 0) is 4.74 Å². The van der Waals surface area contributed by atoms with Gasteiger partial charge < -0.3 is 20.5 Å². The maximum Gasteiger partial charge on any atom is 0.190 e. The van der Waals surface area contributed by atoms with Crippen LogP contribution in [0.4, 0.5) is 0 Å². The van der Waals surface area contributed by atoms with Gasteiger partial charge in [0.2, 0.25) is 0 Å². The molecule has 1 saturated heterocycles. The third-order valence-electron chi connectivity index (χ3n) is 3.96. The quantitative estimate of drug-likeness (QED) is 0.501. The number of guanidine groups is 1. The summed E-state index contributed by atoms with van der Waals surface area (Å²) in [6, 6.07) is 0. The molecular weight excluding hydrogens is 230 g/mol. The summed E-state index contributed by atoms with van der Waals surface area (Å²) in [7, 11) is 1.78. The monoisotopic (exact) mass is 255 g/mol. The van der Waals surface area contributed by atoms with Crippen molar-refractivity contribution in [2.75, 3.05) is 33.4 Å². The minimum absolute atomic E-state index is 0.140. The van der Waals surface area contributed by atoms with Crippen molar-refractivity contribution in [3.8, 4) is 0 Å². The van der Waals surface area contributed by atoms with Crippen molar-refractivity contribution >= 4 is 5.96 Å². The molecule has 0 aromatic rings. The highest BCUT2D eigenvalue weighted by molar-refractivity contribution is 5.79. The maximum atomic E-state index is 9.76. The van der Waals surface area contributed by atoms with Crippen LogP contribution in [-0.4, -0.2) is 50.5 Å². The highest BCUT2D eigenvalue weighted by Gasteiger charge is 2.25.